The summed E-state index contributed by atoms with van der Waals surface area (Å²) in [6.07, 6.45) is 1.14. The fourth-order valence-corrected chi connectivity index (χ4v) is 2.46. The molecule has 1 aromatic heterocycles. The van der Waals surface area contributed by atoms with E-state index in [1.165, 1.54) is 11.1 Å². The third-order valence-electron chi connectivity index (χ3n) is 2.88. The molecule has 2 rings (SSSR count). The van der Waals surface area contributed by atoms with E-state index in [0.717, 1.165) is 31.0 Å². The molecule has 0 atom stereocenters. The Hall–Kier alpha value is -1.39. The van der Waals surface area contributed by atoms with Gasteiger partial charge in [0.05, 0.1) is 11.2 Å². The van der Waals surface area contributed by atoms with Crippen LogP contribution in [0.2, 0.25) is 0 Å². The van der Waals surface area contributed by atoms with Crippen LogP contribution in [-0.2, 0) is 13.2 Å². The Balaban J connectivity index is 2.04. The van der Waals surface area contributed by atoms with Crippen LogP contribution >= 0.6 is 11.3 Å². The molecule has 102 valence electrons. The number of rotatable bonds is 7. The molecule has 2 aromatic rings. The fraction of sp³-hybridized carbons (Fsp3) is 0.400. The van der Waals surface area contributed by atoms with Crippen molar-refractivity contribution in [3.8, 4) is 5.75 Å². The molecule has 0 fully saturated rings. The minimum absolute atomic E-state index is 0.537. The van der Waals surface area contributed by atoms with Gasteiger partial charge in [0.25, 0.3) is 0 Å². The van der Waals surface area contributed by atoms with Crippen molar-refractivity contribution in [3.05, 3.63) is 45.9 Å². The molecular formula is C15H20N2OS. The molecule has 0 radical (unpaired) electrons. The lowest BCUT2D eigenvalue weighted by molar-refractivity contribution is 0.296. The van der Waals surface area contributed by atoms with Gasteiger partial charge in [-0.05, 0) is 25.5 Å². The van der Waals surface area contributed by atoms with Crippen LogP contribution in [0.15, 0.2) is 29.1 Å². The topological polar surface area (TPSA) is 34.1 Å². The Morgan fingerprint density at radius 1 is 1.37 bits per heavy atom. The Bertz CT molecular complexity index is 497. The number of para-hydroxylation sites is 1. The van der Waals surface area contributed by atoms with Crippen molar-refractivity contribution in [1.82, 2.24) is 10.3 Å². The standard InChI is InChI=1S/C15H20N2OS/c1-3-7-16-8-13-6-4-5-12(2)15(13)18-9-14-10-19-11-17-14/h4-6,10-11,16H,3,7-9H2,1-2H3. The lowest BCUT2D eigenvalue weighted by Crippen LogP contribution is -2.15. The quantitative estimate of drug-likeness (QED) is 0.786. The molecule has 1 N–H and O–H groups in total. The van der Waals surface area contributed by atoms with Gasteiger partial charge in [-0.25, -0.2) is 4.98 Å². The first kappa shape index (κ1) is 14.0. The number of nitrogens with one attached hydrogen (secondary N) is 1. The molecule has 0 aliphatic heterocycles. The monoisotopic (exact) mass is 276 g/mol. The number of aromatic nitrogens is 1. The second-order valence-electron chi connectivity index (χ2n) is 4.51. The molecule has 0 amide bonds. The van der Waals surface area contributed by atoms with E-state index in [-0.39, 0.29) is 0 Å². The van der Waals surface area contributed by atoms with Crippen LogP contribution in [0.3, 0.4) is 0 Å². The highest BCUT2D eigenvalue weighted by Gasteiger charge is 2.07. The summed E-state index contributed by atoms with van der Waals surface area (Å²) in [5.74, 6) is 0.985. The van der Waals surface area contributed by atoms with Crippen molar-refractivity contribution in [3.63, 3.8) is 0 Å². The Morgan fingerprint density at radius 3 is 3.00 bits per heavy atom. The lowest BCUT2D eigenvalue weighted by Gasteiger charge is -2.14. The maximum absolute atomic E-state index is 5.95. The first-order valence-electron chi connectivity index (χ1n) is 6.60. The van der Waals surface area contributed by atoms with Gasteiger partial charge in [-0.3, -0.25) is 0 Å². The highest BCUT2D eigenvalue weighted by molar-refractivity contribution is 7.07. The first-order chi connectivity index (χ1) is 9.31. The number of aryl methyl sites for hydroxylation is 1. The maximum Gasteiger partial charge on any atom is 0.131 e. The normalized spacial score (nSPS) is 10.6. The smallest absolute Gasteiger partial charge is 0.131 e. The zero-order chi connectivity index (χ0) is 13.5. The SMILES string of the molecule is CCCNCc1cccc(C)c1OCc1cscn1. The second kappa shape index (κ2) is 7.26. The van der Waals surface area contributed by atoms with E-state index in [1.807, 2.05) is 10.9 Å². The van der Waals surface area contributed by atoms with E-state index in [4.69, 9.17) is 4.74 Å². The molecule has 0 unspecified atom stereocenters. The van der Waals surface area contributed by atoms with Crippen molar-refractivity contribution in [2.24, 2.45) is 0 Å². The van der Waals surface area contributed by atoms with Crippen LogP contribution in [0, 0.1) is 6.92 Å². The zero-order valence-corrected chi connectivity index (χ0v) is 12.3. The van der Waals surface area contributed by atoms with Gasteiger partial charge in [-0.15, -0.1) is 11.3 Å². The predicted octanol–water partition coefficient (Wildman–Crippen LogP) is 3.53. The van der Waals surface area contributed by atoms with Crippen molar-refractivity contribution < 1.29 is 4.74 Å². The molecule has 0 spiro atoms. The molecule has 0 aliphatic carbocycles. The van der Waals surface area contributed by atoms with Gasteiger partial charge < -0.3 is 10.1 Å². The van der Waals surface area contributed by atoms with Gasteiger partial charge in [0.15, 0.2) is 0 Å². The third kappa shape index (κ3) is 4.04. The lowest BCUT2D eigenvalue weighted by atomic mass is 10.1. The van der Waals surface area contributed by atoms with E-state index in [0.29, 0.717) is 6.61 Å². The molecule has 0 saturated heterocycles. The van der Waals surface area contributed by atoms with Gasteiger partial charge >= 0.3 is 0 Å². The Morgan fingerprint density at radius 2 is 2.26 bits per heavy atom. The predicted molar refractivity (Wildman–Crippen MR) is 79.6 cm³/mol. The molecule has 0 aliphatic rings. The van der Waals surface area contributed by atoms with Crippen molar-refractivity contribution >= 4 is 11.3 Å². The Kier molecular flexibility index (Phi) is 5.36. The third-order valence-corrected chi connectivity index (χ3v) is 3.52. The number of thiazole rings is 1. The number of nitrogens with zero attached hydrogens (tertiary/aromatic N) is 1. The van der Waals surface area contributed by atoms with Crippen molar-refractivity contribution in [2.45, 2.75) is 33.4 Å². The van der Waals surface area contributed by atoms with Gasteiger partial charge in [0.2, 0.25) is 0 Å². The van der Waals surface area contributed by atoms with Gasteiger partial charge in [-0.2, -0.15) is 0 Å². The maximum atomic E-state index is 5.95. The van der Waals surface area contributed by atoms with Crippen LogP contribution in [-0.4, -0.2) is 11.5 Å². The Labute approximate surface area is 118 Å². The number of hydrogen-bond acceptors (Lipinski definition) is 4. The first-order valence-corrected chi connectivity index (χ1v) is 7.54. The number of benzene rings is 1. The summed E-state index contributed by atoms with van der Waals surface area (Å²) >= 11 is 1.60. The summed E-state index contributed by atoms with van der Waals surface area (Å²) in [6, 6.07) is 6.28. The molecule has 1 heterocycles. The largest absolute Gasteiger partial charge is 0.487 e. The molecule has 1 aromatic carbocycles. The number of ether oxygens (including phenoxy) is 1. The molecule has 3 nitrogen and oxygen atoms in total. The van der Waals surface area contributed by atoms with Crippen LogP contribution in [0.25, 0.3) is 0 Å². The van der Waals surface area contributed by atoms with Crippen molar-refractivity contribution in [2.75, 3.05) is 6.54 Å². The number of hydrogen-bond donors (Lipinski definition) is 1. The van der Waals surface area contributed by atoms with Crippen LogP contribution in [0.5, 0.6) is 5.75 Å². The summed E-state index contributed by atoms with van der Waals surface area (Å²) < 4.78 is 5.95. The summed E-state index contributed by atoms with van der Waals surface area (Å²) in [6.45, 7) is 6.67. The average molecular weight is 276 g/mol. The van der Waals surface area contributed by atoms with Crippen LogP contribution < -0.4 is 10.1 Å². The minimum Gasteiger partial charge on any atom is -0.487 e. The van der Waals surface area contributed by atoms with Crippen LogP contribution in [0.4, 0.5) is 0 Å². The van der Waals surface area contributed by atoms with E-state index in [2.05, 4.69) is 42.3 Å². The highest BCUT2D eigenvalue weighted by atomic mass is 32.1. The highest BCUT2D eigenvalue weighted by Crippen LogP contribution is 2.24. The van der Waals surface area contributed by atoms with E-state index in [1.54, 1.807) is 11.3 Å². The molecule has 19 heavy (non-hydrogen) atoms. The van der Waals surface area contributed by atoms with Crippen molar-refractivity contribution in [1.29, 1.82) is 0 Å². The molecule has 0 bridgehead atoms. The molecular weight excluding hydrogens is 256 g/mol. The summed E-state index contributed by atoms with van der Waals surface area (Å²) in [7, 11) is 0. The van der Waals surface area contributed by atoms with Gasteiger partial charge in [-0.1, -0.05) is 25.1 Å². The van der Waals surface area contributed by atoms with Crippen LogP contribution in [0.1, 0.15) is 30.2 Å². The van der Waals surface area contributed by atoms with Gasteiger partial charge in [0, 0.05) is 17.5 Å². The fourth-order valence-electron chi connectivity index (χ4n) is 1.91. The summed E-state index contributed by atoms with van der Waals surface area (Å²) in [4.78, 5) is 4.24. The van der Waals surface area contributed by atoms with Gasteiger partial charge in [0.1, 0.15) is 12.4 Å². The average Bonchev–Trinajstić information content (AvgIpc) is 2.91. The molecule has 4 heteroatoms. The summed E-state index contributed by atoms with van der Waals surface area (Å²) in [5.41, 5.74) is 5.20. The van der Waals surface area contributed by atoms with E-state index < -0.39 is 0 Å². The van der Waals surface area contributed by atoms with E-state index in [9.17, 15) is 0 Å². The van der Waals surface area contributed by atoms with E-state index >= 15 is 0 Å². The zero-order valence-electron chi connectivity index (χ0n) is 11.5. The minimum atomic E-state index is 0.537. The molecule has 0 saturated carbocycles. The summed E-state index contributed by atoms with van der Waals surface area (Å²) in [5, 5.41) is 5.44. The second-order valence-corrected chi connectivity index (χ2v) is 5.23.